The number of pyridine rings is 1. The average molecular weight is 617 g/mol. The number of carbonyl (C=O) groups excluding carboxylic acids is 1. The van der Waals surface area contributed by atoms with Crippen molar-refractivity contribution in [1.29, 1.82) is 0 Å². The van der Waals surface area contributed by atoms with Gasteiger partial charge in [-0.2, -0.15) is 0 Å². The van der Waals surface area contributed by atoms with Gasteiger partial charge in [-0.1, -0.05) is 37.0 Å². The Morgan fingerprint density at radius 3 is 2.23 bits per heavy atom. The summed E-state index contributed by atoms with van der Waals surface area (Å²) >= 11 is 12.6. The lowest BCUT2D eigenvalue weighted by molar-refractivity contribution is -0.140. The standard InChI is InChI=1S/C27H31Cl2N5O3.2ClH/c1-27(2)17-33(23(35)15-31-6-8-32(9-7-31)16-24(36)37)14-22-25(27)21-4-3-5-30-26(21)34(22)13-18-10-19(28)12-20(29)11-18;;/h3-5,10-12H,6-9,13-17H2,1-2H3,(H,36,37);2*1H. The molecule has 8 nitrogen and oxygen atoms in total. The Balaban J connectivity index is 0.00000210. The van der Waals surface area contributed by atoms with E-state index < -0.39 is 5.97 Å². The van der Waals surface area contributed by atoms with Gasteiger partial charge in [-0.05, 0) is 41.5 Å². The molecule has 0 saturated carbocycles. The zero-order valence-electron chi connectivity index (χ0n) is 21.9. The molecule has 39 heavy (non-hydrogen) atoms. The molecule has 0 aliphatic carbocycles. The minimum absolute atomic E-state index is 0. The summed E-state index contributed by atoms with van der Waals surface area (Å²) in [6.45, 7) is 9.07. The number of aromatic nitrogens is 2. The van der Waals surface area contributed by atoms with Crippen LogP contribution >= 0.6 is 48.0 Å². The molecule has 0 unspecified atom stereocenters. The first-order valence-electron chi connectivity index (χ1n) is 12.5. The maximum absolute atomic E-state index is 13.5. The van der Waals surface area contributed by atoms with Gasteiger partial charge in [0.2, 0.25) is 5.91 Å². The zero-order chi connectivity index (χ0) is 26.3. The summed E-state index contributed by atoms with van der Waals surface area (Å²) in [4.78, 5) is 35.2. The van der Waals surface area contributed by atoms with Gasteiger partial charge in [0.15, 0.2) is 0 Å². The molecule has 1 amide bonds. The number of fused-ring (bicyclic) bond motifs is 3. The molecule has 2 aliphatic heterocycles. The molecule has 5 rings (SSSR count). The summed E-state index contributed by atoms with van der Waals surface area (Å²) in [7, 11) is 0. The fourth-order valence-corrected chi connectivity index (χ4v) is 6.33. The minimum atomic E-state index is -0.819. The largest absolute Gasteiger partial charge is 0.480 e. The van der Waals surface area contributed by atoms with E-state index in [1.54, 1.807) is 12.3 Å². The molecule has 12 heteroatoms. The molecule has 1 aromatic carbocycles. The molecule has 212 valence electrons. The van der Waals surface area contributed by atoms with Gasteiger partial charge in [-0.25, -0.2) is 4.98 Å². The molecule has 0 radical (unpaired) electrons. The average Bonchev–Trinajstić information content (AvgIpc) is 3.13. The molecular weight excluding hydrogens is 584 g/mol. The molecule has 2 aliphatic rings. The third kappa shape index (κ3) is 6.81. The van der Waals surface area contributed by atoms with Crippen molar-refractivity contribution >= 4 is 70.9 Å². The lowest BCUT2D eigenvalue weighted by Crippen LogP contribution is -2.53. The Bertz CT molecular complexity index is 1330. The number of rotatable bonds is 6. The number of amides is 1. The highest BCUT2D eigenvalue weighted by molar-refractivity contribution is 6.34. The quantitative estimate of drug-likeness (QED) is 0.437. The van der Waals surface area contributed by atoms with Crippen molar-refractivity contribution in [1.82, 2.24) is 24.3 Å². The van der Waals surface area contributed by atoms with Crippen LogP contribution in [-0.4, -0.2) is 87.0 Å². The van der Waals surface area contributed by atoms with Crippen LogP contribution in [0.3, 0.4) is 0 Å². The number of hydrogen-bond donors (Lipinski definition) is 1. The van der Waals surface area contributed by atoms with Crippen LogP contribution in [-0.2, 0) is 28.1 Å². The molecular formula is C27H33Cl4N5O3. The van der Waals surface area contributed by atoms with Crippen LogP contribution < -0.4 is 0 Å². The number of halogens is 4. The summed E-state index contributed by atoms with van der Waals surface area (Å²) < 4.78 is 2.19. The van der Waals surface area contributed by atoms with E-state index in [9.17, 15) is 9.59 Å². The Morgan fingerprint density at radius 2 is 1.62 bits per heavy atom. The van der Waals surface area contributed by atoms with Gasteiger partial charge in [0.1, 0.15) is 5.65 Å². The molecule has 0 atom stereocenters. The Kier molecular flexibility index (Phi) is 10.2. The first-order valence-corrected chi connectivity index (χ1v) is 13.2. The van der Waals surface area contributed by atoms with E-state index in [4.69, 9.17) is 33.3 Å². The van der Waals surface area contributed by atoms with Crippen molar-refractivity contribution in [3.8, 4) is 0 Å². The molecule has 2 aromatic heterocycles. The smallest absolute Gasteiger partial charge is 0.317 e. The van der Waals surface area contributed by atoms with E-state index in [0.717, 1.165) is 22.3 Å². The van der Waals surface area contributed by atoms with Crippen LogP contribution in [0.15, 0.2) is 36.5 Å². The van der Waals surface area contributed by atoms with Crippen LogP contribution in [0.4, 0.5) is 0 Å². The normalized spacial score (nSPS) is 17.3. The van der Waals surface area contributed by atoms with Crippen LogP contribution in [0.25, 0.3) is 11.0 Å². The third-order valence-electron chi connectivity index (χ3n) is 7.33. The topological polar surface area (TPSA) is 81.9 Å². The number of piperazine rings is 1. The van der Waals surface area contributed by atoms with E-state index in [1.165, 1.54) is 5.56 Å². The van der Waals surface area contributed by atoms with Gasteiger partial charge in [0.05, 0.1) is 19.6 Å². The van der Waals surface area contributed by atoms with Crippen molar-refractivity contribution in [3.63, 3.8) is 0 Å². The maximum atomic E-state index is 13.5. The molecule has 0 bridgehead atoms. The second kappa shape index (κ2) is 12.6. The third-order valence-corrected chi connectivity index (χ3v) is 7.76. The summed E-state index contributed by atoms with van der Waals surface area (Å²) in [5, 5.41) is 11.3. The van der Waals surface area contributed by atoms with Crippen molar-refractivity contribution in [2.45, 2.75) is 32.4 Å². The highest BCUT2D eigenvalue weighted by Gasteiger charge is 2.39. The summed E-state index contributed by atoms with van der Waals surface area (Å²) in [5.41, 5.74) is 3.92. The second-order valence-electron chi connectivity index (χ2n) is 10.6. The highest BCUT2D eigenvalue weighted by Crippen LogP contribution is 2.40. The van der Waals surface area contributed by atoms with Crippen LogP contribution in [0.5, 0.6) is 0 Å². The second-order valence-corrected chi connectivity index (χ2v) is 11.5. The Morgan fingerprint density at radius 1 is 1.00 bits per heavy atom. The van der Waals surface area contributed by atoms with Gasteiger partial charge in [0.25, 0.3) is 0 Å². The zero-order valence-corrected chi connectivity index (χ0v) is 25.0. The number of carboxylic acids is 1. The number of benzene rings is 1. The highest BCUT2D eigenvalue weighted by atomic mass is 35.5. The lowest BCUT2D eigenvalue weighted by atomic mass is 9.79. The van der Waals surface area contributed by atoms with E-state index >= 15 is 0 Å². The summed E-state index contributed by atoms with van der Waals surface area (Å²) in [6, 6.07) is 9.61. The van der Waals surface area contributed by atoms with Gasteiger partial charge < -0.3 is 14.6 Å². The molecule has 1 fully saturated rings. The SMILES string of the molecule is CC1(C)CN(C(=O)CN2CCN(CC(=O)O)CC2)Cc2c1c1cccnc1n2Cc1cc(Cl)cc(Cl)c1.Cl.Cl. The van der Waals surface area contributed by atoms with E-state index in [1.807, 2.05) is 28.0 Å². The van der Waals surface area contributed by atoms with Gasteiger partial charge in [-0.15, -0.1) is 24.8 Å². The number of nitrogens with zero attached hydrogens (tertiary/aromatic N) is 5. The fraction of sp³-hybridized carbons (Fsp3) is 0.444. The van der Waals surface area contributed by atoms with Gasteiger partial charge in [0, 0.05) is 72.0 Å². The van der Waals surface area contributed by atoms with Gasteiger partial charge in [-0.3, -0.25) is 19.4 Å². The van der Waals surface area contributed by atoms with Crippen LogP contribution in [0, 0.1) is 0 Å². The predicted octanol–water partition coefficient (Wildman–Crippen LogP) is 4.56. The fourth-order valence-electron chi connectivity index (χ4n) is 5.76. The summed E-state index contributed by atoms with van der Waals surface area (Å²) in [5.74, 6) is -0.734. The number of carbonyl (C=O) groups is 2. The first kappa shape index (κ1) is 31.5. The van der Waals surface area contributed by atoms with E-state index in [0.29, 0.717) is 62.4 Å². The number of hydrogen-bond acceptors (Lipinski definition) is 5. The van der Waals surface area contributed by atoms with Gasteiger partial charge >= 0.3 is 5.97 Å². The Hall–Kier alpha value is -2.07. The monoisotopic (exact) mass is 615 g/mol. The number of aliphatic carboxylic acids is 1. The molecule has 1 N–H and O–H groups in total. The Labute approximate surface area is 250 Å². The van der Waals surface area contributed by atoms with E-state index in [2.05, 4.69) is 29.4 Å². The molecule has 3 aromatic rings. The number of carboxylic acid groups (broad SMARTS) is 1. The summed E-state index contributed by atoms with van der Waals surface area (Å²) in [6.07, 6.45) is 1.80. The van der Waals surface area contributed by atoms with Crippen molar-refractivity contribution in [2.75, 3.05) is 45.8 Å². The lowest BCUT2D eigenvalue weighted by Gasteiger charge is -2.40. The predicted molar refractivity (Wildman–Crippen MR) is 159 cm³/mol. The maximum Gasteiger partial charge on any atom is 0.317 e. The van der Waals surface area contributed by atoms with E-state index in [-0.39, 0.29) is 42.7 Å². The van der Waals surface area contributed by atoms with Crippen LogP contribution in [0.2, 0.25) is 10.0 Å². The molecule has 1 saturated heterocycles. The van der Waals surface area contributed by atoms with Crippen molar-refractivity contribution in [2.24, 2.45) is 0 Å². The van der Waals surface area contributed by atoms with Crippen LogP contribution in [0.1, 0.15) is 30.7 Å². The van der Waals surface area contributed by atoms with Crippen molar-refractivity contribution in [3.05, 3.63) is 63.4 Å². The molecule has 0 spiro atoms. The van der Waals surface area contributed by atoms with Crippen molar-refractivity contribution < 1.29 is 14.7 Å². The minimum Gasteiger partial charge on any atom is -0.480 e. The molecule has 4 heterocycles. The first-order chi connectivity index (χ1) is 17.6.